The molecule has 5 rings (SSSR count). The highest BCUT2D eigenvalue weighted by Crippen LogP contribution is 2.60. The van der Waals surface area contributed by atoms with Crippen molar-refractivity contribution in [3.63, 3.8) is 0 Å². The summed E-state index contributed by atoms with van der Waals surface area (Å²) in [7, 11) is 0. The van der Waals surface area contributed by atoms with E-state index in [0.29, 0.717) is 6.04 Å². The van der Waals surface area contributed by atoms with Crippen molar-refractivity contribution in [3.05, 3.63) is 41.5 Å². The van der Waals surface area contributed by atoms with Crippen LogP contribution in [-0.4, -0.2) is 41.8 Å². The fourth-order valence-corrected chi connectivity index (χ4v) is 5.99. The molecular formula is C20H22N2O2. The predicted octanol–water partition coefficient (Wildman–Crippen LogP) is 2.28. The van der Waals surface area contributed by atoms with Crippen LogP contribution < -0.4 is 4.90 Å². The van der Waals surface area contributed by atoms with E-state index >= 15 is 0 Å². The van der Waals surface area contributed by atoms with E-state index in [9.17, 15) is 9.59 Å². The van der Waals surface area contributed by atoms with E-state index in [1.165, 1.54) is 11.1 Å². The Morgan fingerprint density at radius 2 is 2.12 bits per heavy atom. The number of carbonyl (C=O) groups excluding carboxylic acids is 2. The summed E-state index contributed by atoms with van der Waals surface area (Å²) in [6, 6.07) is 8.24. The lowest BCUT2D eigenvalue weighted by molar-refractivity contribution is -0.132. The fraction of sp³-hybridized carbons (Fsp3) is 0.500. The Hall–Kier alpha value is -1.94. The van der Waals surface area contributed by atoms with Crippen LogP contribution in [0, 0.1) is 5.92 Å². The molecule has 1 aromatic rings. The highest BCUT2D eigenvalue weighted by Gasteiger charge is 2.67. The molecule has 24 heavy (non-hydrogen) atoms. The molecular weight excluding hydrogens is 300 g/mol. The number of allylic oxidation sites excluding steroid dienone is 1. The van der Waals surface area contributed by atoms with Crippen LogP contribution >= 0.6 is 0 Å². The van der Waals surface area contributed by atoms with E-state index in [1.54, 1.807) is 11.8 Å². The van der Waals surface area contributed by atoms with Crippen molar-refractivity contribution in [2.24, 2.45) is 5.92 Å². The molecule has 0 N–H and O–H groups in total. The van der Waals surface area contributed by atoms with Crippen LogP contribution in [0.1, 0.15) is 32.3 Å². The molecule has 0 aromatic heterocycles. The second-order valence-electron chi connectivity index (χ2n) is 7.64. The Balaban J connectivity index is 1.78. The first kappa shape index (κ1) is 14.4. The average Bonchev–Trinajstić information content (AvgIpc) is 3.12. The van der Waals surface area contributed by atoms with E-state index in [0.717, 1.165) is 31.6 Å². The van der Waals surface area contributed by atoms with Crippen molar-refractivity contribution in [3.8, 4) is 0 Å². The van der Waals surface area contributed by atoms with Gasteiger partial charge >= 0.3 is 0 Å². The third kappa shape index (κ3) is 1.44. The number of hydrogen-bond acceptors (Lipinski definition) is 3. The maximum atomic E-state index is 13.5. The highest BCUT2D eigenvalue weighted by molar-refractivity contribution is 6.07. The lowest BCUT2D eigenvalue weighted by atomic mass is 9.59. The summed E-state index contributed by atoms with van der Waals surface area (Å²) >= 11 is 0. The summed E-state index contributed by atoms with van der Waals surface area (Å²) in [4.78, 5) is 30.3. The summed E-state index contributed by atoms with van der Waals surface area (Å²) in [5, 5.41) is 0. The zero-order chi connectivity index (χ0) is 16.6. The molecule has 1 spiro atoms. The van der Waals surface area contributed by atoms with Crippen LogP contribution in [0.25, 0.3) is 0 Å². The number of rotatable bonds is 0. The minimum Gasteiger partial charge on any atom is -0.301 e. The lowest BCUT2D eigenvalue weighted by Gasteiger charge is -2.51. The van der Waals surface area contributed by atoms with Crippen LogP contribution in [-0.2, 0) is 15.0 Å². The van der Waals surface area contributed by atoms with Gasteiger partial charge in [0, 0.05) is 36.5 Å². The SMILES string of the molecule is C/C=C1/CN2CC[C@]34c5ccccc5N(C(C)=O)[C@H]3C(=O)[C@H]1C[C@H]24. The third-order valence-electron chi connectivity index (χ3n) is 6.87. The minimum absolute atomic E-state index is 0.0105. The third-order valence-corrected chi connectivity index (χ3v) is 6.87. The molecule has 1 saturated carbocycles. The van der Waals surface area contributed by atoms with E-state index < -0.39 is 0 Å². The van der Waals surface area contributed by atoms with Crippen molar-refractivity contribution in [2.75, 3.05) is 18.0 Å². The molecule has 4 aliphatic rings. The van der Waals surface area contributed by atoms with Crippen molar-refractivity contribution in [2.45, 2.75) is 44.2 Å². The van der Waals surface area contributed by atoms with Crippen LogP contribution in [0.5, 0.6) is 0 Å². The number of carbonyl (C=O) groups is 2. The Kier molecular flexibility index (Phi) is 2.74. The monoisotopic (exact) mass is 322 g/mol. The van der Waals surface area contributed by atoms with Crippen molar-refractivity contribution >= 4 is 17.4 Å². The quantitative estimate of drug-likeness (QED) is 0.688. The van der Waals surface area contributed by atoms with Gasteiger partial charge in [0.25, 0.3) is 0 Å². The largest absolute Gasteiger partial charge is 0.301 e. The standard InChI is InChI=1S/C20H22N2O2/c1-3-13-11-21-9-8-20-15-6-4-5-7-16(15)22(12(2)23)19(20)18(24)14(13)10-17(20)21/h3-7,14,17,19H,8-11H2,1-2H3/b13-3-/t14-,17-,19-,20+/m0/s1. The molecule has 3 heterocycles. The van der Waals surface area contributed by atoms with Crippen LogP contribution in [0.15, 0.2) is 35.9 Å². The summed E-state index contributed by atoms with van der Waals surface area (Å²) < 4.78 is 0. The molecule has 3 aliphatic heterocycles. The summed E-state index contributed by atoms with van der Waals surface area (Å²) in [5.74, 6) is 0.231. The molecule has 4 heteroatoms. The molecule has 1 aromatic carbocycles. The number of ketones is 1. The number of benzene rings is 1. The zero-order valence-electron chi connectivity index (χ0n) is 14.2. The number of amides is 1. The van der Waals surface area contributed by atoms with Gasteiger partial charge in [0.2, 0.25) is 5.91 Å². The van der Waals surface area contributed by atoms with Gasteiger partial charge in [-0.05, 0) is 43.5 Å². The van der Waals surface area contributed by atoms with E-state index in [-0.39, 0.29) is 29.1 Å². The van der Waals surface area contributed by atoms with Gasteiger partial charge in [0.15, 0.2) is 5.78 Å². The molecule has 124 valence electrons. The van der Waals surface area contributed by atoms with Gasteiger partial charge in [-0.1, -0.05) is 24.3 Å². The first-order chi connectivity index (χ1) is 11.6. The average molecular weight is 322 g/mol. The highest BCUT2D eigenvalue weighted by atomic mass is 16.2. The van der Waals surface area contributed by atoms with Gasteiger partial charge in [0.05, 0.1) is 0 Å². The number of anilines is 1. The molecule has 2 bridgehead atoms. The lowest BCUT2D eigenvalue weighted by Crippen LogP contribution is -2.65. The van der Waals surface area contributed by atoms with Gasteiger partial charge in [-0.2, -0.15) is 0 Å². The number of nitrogens with zero attached hydrogens (tertiary/aromatic N) is 2. The van der Waals surface area contributed by atoms with Gasteiger partial charge in [-0.25, -0.2) is 0 Å². The normalized spacial score (nSPS) is 38.4. The fourth-order valence-electron chi connectivity index (χ4n) is 5.99. The van der Waals surface area contributed by atoms with E-state index in [4.69, 9.17) is 0 Å². The number of para-hydroxylation sites is 1. The molecule has 0 unspecified atom stereocenters. The van der Waals surface area contributed by atoms with Crippen molar-refractivity contribution < 1.29 is 9.59 Å². The summed E-state index contributed by atoms with van der Waals surface area (Å²) in [6.45, 7) is 5.55. The second-order valence-corrected chi connectivity index (χ2v) is 7.64. The molecule has 1 amide bonds. The topological polar surface area (TPSA) is 40.6 Å². The molecule has 3 fully saturated rings. The molecule has 4 nitrogen and oxygen atoms in total. The number of fused-ring (bicyclic) bond motifs is 2. The Morgan fingerprint density at radius 1 is 1.33 bits per heavy atom. The Bertz CT molecular complexity index is 799. The molecule has 4 atom stereocenters. The predicted molar refractivity (Wildman–Crippen MR) is 91.9 cm³/mol. The smallest absolute Gasteiger partial charge is 0.224 e. The summed E-state index contributed by atoms with van der Waals surface area (Å²) in [5.41, 5.74) is 3.22. The van der Waals surface area contributed by atoms with E-state index in [2.05, 4.69) is 17.0 Å². The maximum Gasteiger partial charge on any atom is 0.224 e. The molecule has 0 radical (unpaired) electrons. The number of Topliss-reactive ketones (excluding diaryl/α,β-unsaturated/α-hetero) is 1. The zero-order valence-corrected chi connectivity index (χ0v) is 14.2. The summed E-state index contributed by atoms with van der Waals surface area (Å²) in [6.07, 6.45) is 4.00. The van der Waals surface area contributed by atoms with Crippen LogP contribution in [0.3, 0.4) is 0 Å². The van der Waals surface area contributed by atoms with E-state index in [1.807, 2.05) is 25.1 Å². The first-order valence-corrected chi connectivity index (χ1v) is 8.91. The Morgan fingerprint density at radius 3 is 2.88 bits per heavy atom. The van der Waals surface area contributed by atoms with Crippen molar-refractivity contribution in [1.29, 1.82) is 0 Å². The van der Waals surface area contributed by atoms with Crippen LogP contribution in [0.2, 0.25) is 0 Å². The number of piperidine rings is 1. The van der Waals surface area contributed by atoms with Gasteiger partial charge in [-0.15, -0.1) is 0 Å². The van der Waals surface area contributed by atoms with Crippen LogP contribution in [0.4, 0.5) is 5.69 Å². The molecule has 2 saturated heterocycles. The maximum absolute atomic E-state index is 13.5. The second kappa shape index (κ2) is 4.57. The van der Waals surface area contributed by atoms with Gasteiger partial charge in [0.1, 0.15) is 6.04 Å². The Labute approximate surface area is 142 Å². The first-order valence-electron chi connectivity index (χ1n) is 8.91. The minimum atomic E-state index is -0.323. The van der Waals surface area contributed by atoms with Gasteiger partial charge < -0.3 is 4.90 Å². The van der Waals surface area contributed by atoms with Crippen molar-refractivity contribution in [1.82, 2.24) is 4.90 Å². The van der Waals surface area contributed by atoms with Gasteiger partial charge in [-0.3, -0.25) is 14.5 Å². The number of hydrogen-bond donors (Lipinski definition) is 0. The molecule has 1 aliphatic carbocycles.